The quantitative estimate of drug-likeness (QED) is 0.658. The molecule has 24 heavy (non-hydrogen) atoms. The fraction of sp³-hybridized carbons (Fsp3) is 0.158. The van der Waals surface area contributed by atoms with Gasteiger partial charge in [0.1, 0.15) is 5.82 Å². The molecule has 0 aliphatic heterocycles. The first kappa shape index (κ1) is 15.9. The average molecular weight is 323 g/mol. The highest BCUT2D eigenvalue weighted by atomic mass is 19.1. The lowest BCUT2D eigenvalue weighted by Gasteiger charge is -2.20. The first-order valence-corrected chi connectivity index (χ1v) is 7.70. The maximum absolute atomic E-state index is 14.4. The van der Waals surface area contributed by atoms with Crippen LogP contribution in [0.2, 0.25) is 0 Å². The molecule has 0 spiro atoms. The number of fused-ring (bicyclic) bond motifs is 1. The number of halogens is 1. The SMILES string of the molecule is Cc1cccc(F)c1C1=CCCc2ccc(C(=O)N=C(N)N)cc21. The Labute approximate surface area is 139 Å². The van der Waals surface area contributed by atoms with Crippen molar-refractivity contribution in [3.63, 3.8) is 0 Å². The van der Waals surface area contributed by atoms with Crippen LogP contribution in [0.1, 0.15) is 39.0 Å². The van der Waals surface area contributed by atoms with Gasteiger partial charge in [-0.3, -0.25) is 4.79 Å². The molecule has 0 atom stereocenters. The van der Waals surface area contributed by atoms with Gasteiger partial charge in [0.25, 0.3) is 5.91 Å². The van der Waals surface area contributed by atoms with E-state index in [1.165, 1.54) is 6.07 Å². The predicted octanol–water partition coefficient (Wildman–Crippen LogP) is 2.93. The molecule has 4 nitrogen and oxygen atoms in total. The lowest BCUT2D eigenvalue weighted by molar-refractivity contribution is 0.100. The normalized spacial score (nSPS) is 13.0. The smallest absolute Gasteiger partial charge is 0.280 e. The lowest BCUT2D eigenvalue weighted by Crippen LogP contribution is -2.24. The Morgan fingerprint density at radius 3 is 2.71 bits per heavy atom. The van der Waals surface area contributed by atoms with Crippen LogP contribution < -0.4 is 11.5 Å². The van der Waals surface area contributed by atoms with Crippen LogP contribution >= 0.6 is 0 Å². The molecule has 0 fully saturated rings. The third-order valence-corrected chi connectivity index (χ3v) is 4.13. The van der Waals surface area contributed by atoms with E-state index in [-0.39, 0.29) is 11.8 Å². The van der Waals surface area contributed by atoms with Crippen molar-refractivity contribution in [3.8, 4) is 0 Å². The van der Waals surface area contributed by atoms with E-state index in [2.05, 4.69) is 4.99 Å². The average Bonchev–Trinajstić information content (AvgIpc) is 2.53. The summed E-state index contributed by atoms with van der Waals surface area (Å²) in [4.78, 5) is 15.6. The minimum atomic E-state index is -0.507. The van der Waals surface area contributed by atoms with Crippen molar-refractivity contribution in [1.82, 2.24) is 0 Å². The van der Waals surface area contributed by atoms with Gasteiger partial charge in [-0.1, -0.05) is 24.3 Å². The molecule has 0 saturated carbocycles. The Morgan fingerprint density at radius 2 is 2.00 bits per heavy atom. The number of nitrogens with zero attached hydrogens (tertiary/aromatic N) is 1. The Hall–Kier alpha value is -2.95. The first-order chi connectivity index (χ1) is 11.5. The molecule has 0 heterocycles. The number of allylic oxidation sites excluding steroid dienone is 1. The van der Waals surface area contributed by atoms with Crippen molar-refractivity contribution in [2.24, 2.45) is 16.5 Å². The summed E-state index contributed by atoms with van der Waals surface area (Å²) in [7, 11) is 0. The van der Waals surface area contributed by atoms with E-state index in [9.17, 15) is 9.18 Å². The second-order valence-electron chi connectivity index (χ2n) is 5.80. The number of hydrogen-bond donors (Lipinski definition) is 2. The summed E-state index contributed by atoms with van der Waals surface area (Å²) < 4.78 is 14.4. The van der Waals surface area contributed by atoms with Crippen molar-refractivity contribution in [2.45, 2.75) is 19.8 Å². The molecule has 4 N–H and O–H groups in total. The number of benzene rings is 2. The monoisotopic (exact) mass is 323 g/mol. The summed E-state index contributed by atoms with van der Waals surface area (Å²) >= 11 is 0. The molecule has 0 saturated heterocycles. The van der Waals surface area contributed by atoms with E-state index in [0.717, 1.165) is 35.1 Å². The van der Waals surface area contributed by atoms with E-state index in [1.807, 2.05) is 25.1 Å². The van der Waals surface area contributed by atoms with E-state index >= 15 is 0 Å². The molecule has 1 amide bonds. The minimum Gasteiger partial charge on any atom is -0.370 e. The summed E-state index contributed by atoms with van der Waals surface area (Å²) in [5, 5.41) is 0. The first-order valence-electron chi connectivity index (χ1n) is 7.70. The number of amides is 1. The molecule has 0 bridgehead atoms. The molecular formula is C19H18FN3O. The van der Waals surface area contributed by atoms with Crippen LogP contribution in [-0.2, 0) is 6.42 Å². The number of carbonyl (C=O) groups is 1. The van der Waals surface area contributed by atoms with Gasteiger partial charge in [0.15, 0.2) is 5.96 Å². The zero-order valence-electron chi connectivity index (χ0n) is 13.3. The van der Waals surface area contributed by atoms with Crippen molar-refractivity contribution >= 4 is 17.4 Å². The largest absolute Gasteiger partial charge is 0.370 e. The van der Waals surface area contributed by atoms with Gasteiger partial charge in [-0.25, -0.2) is 4.39 Å². The lowest BCUT2D eigenvalue weighted by atomic mass is 9.84. The van der Waals surface area contributed by atoms with Crippen LogP contribution in [0.3, 0.4) is 0 Å². The molecule has 1 aliphatic rings. The highest BCUT2D eigenvalue weighted by Gasteiger charge is 2.20. The van der Waals surface area contributed by atoms with E-state index < -0.39 is 5.91 Å². The zero-order valence-corrected chi connectivity index (χ0v) is 13.3. The number of carbonyl (C=O) groups excluding carboxylic acids is 1. The molecular weight excluding hydrogens is 305 g/mol. The van der Waals surface area contributed by atoms with Gasteiger partial charge in [0.05, 0.1) is 0 Å². The van der Waals surface area contributed by atoms with Gasteiger partial charge >= 0.3 is 0 Å². The summed E-state index contributed by atoms with van der Waals surface area (Å²) in [6, 6.07) is 10.3. The zero-order chi connectivity index (χ0) is 17.3. The molecule has 2 aromatic rings. The highest BCUT2D eigenvalue weighted by Crippen LogP contribution is 2.35. The highest BCUT2D eigenvalue weighted by molar-refractivity contribution is 6.02. The van der Waals surface area contributed by atoms with E-state index in [4.69, 9.17) is 11.5 Å². The van der Waals surface area contributed by atoms with Crippen LogP contribution in [0.4, 0.5) is 4.39 Å². The molecule has 2 aromatic carbocycles. The Kier molecular flexibility index (Phi) is 4.16. The number of guanidine groups is 1. The Morgan fingerprint density at radius 1 is 1.21 bits per heavy atom. The molecule has 0 aromatic heterocycles. The van der Waals surface area contributed by atoms with Crippen LogP contribution in [0.5, 0.6) is 0 Å². The summed E-state index contributed by atoms with van der Waals surface area (Å²) in [6.07, 6.45) is 3.70. The second-order valence-corrected chi connectivity index (χ2v) is 5.80. The summed E-state index contributed by atoms with van der Waals surface area (Å²) in [5.74, 6) is -1.05. The van der Waals surface area contributed by atoms with Crippen LogP contribution in [0.25, 0.3) is 5.57 Å². The third kappa shape index (κ3) is 2.93. The third-order valence-electron chi connectivity index (χ3n) is 4.13. The maximum Gasteiger partial charge on any atom is 0.280 e. The topological polar surface area (TPSA) is 81.5 Å². The predicted molar refractivity (Wildman–Crippen MR) is 93.1 cm³/mol. The number of nitrogens with two attached hydrogens (primary N) is 2. The van der Waals surface area contributed by atoms with Gasteiger partial charge in [-0.15, -0.1) is 0 Å². The molecule has 0 radical (unpaired) electrons. The van der Waals surface area contributed by atoms with Crippen molar-refractivity contribution in [3.05, 3.63) is 76.1 Å². The van der Waals surface area contributed by atoms with Crippen molar-refractivity contribution in [2.75, 3.05) is 0 Å². The summed E-state index contributed by atoms with van der Waals surface area (Å²) in [6.45, 7) is 1.88. The molecule has 1 aliphatic carbocycles. The van der Waals surface area contributed by atoms with Crippen molar-refractivity contribution in [1.29, 1.82) is 0 Å². The number of aryl methyl sites for hydroxylation is 2. The second kappa shape index (κ2) is 6.28. The number of rotatable bonds is 2. The molecule has 0 unspecified atom stereocenters. The van der Waals surface area contributed by atoms with Gasteiger partial charge in [0, 0.05) is 11.1 Å². The fourth-order valence-electron chi connectivity index (χ4n) is 3.05. The molecule has 3 rings (SSSR count). The molecule has 5 heteroatoms. The van der Waals surface area contributed by atoms with Gasteiger partial charge < -0.3 is 11.5 Å². The van der Waals surface area contributed by atoms with Crippen LogP contribution in [-0.4, -0.2) is 11.9 Å². The number of hydrogen-bond acceptors (Lipinski definition) is 1. The molecule has 122 valence electrons. The Bertz CT molecular complexity index is 860. The van der Waals surface area contributed by atoms with Gasteiger partial charge in [-0.2, -0.15) is 4.99 Å². The van der Waals surface area contributed by atoms with Gasteiger partial charge in [-0.05, 0) is 60.2 Å². The van der Waals surface area contributed by atoms with Gasteiger partial charge in [0.2, 0.25) is 0 Å². The standard InChI is InChI=1S/C19H18FN3O/c1-11-4-2-7-16(20)17(11)14-6-3-5-12-8-9-13(10-15(12)14)18(24)23-19(21)22/h2,4,6-10H,3,5H2,1H3,(H4,21,22,23,24). The van der Waals surface area contributed by atoms with Crippen molar-refractivity contribution < 1.29 is 9.18 Å². The summed E-state index contributed by atoms with van der Waals surface area (Å²) in [5.41, 5.74) is 15.1. The van der Waals surface area contributed by atoms with Crippen LogP contribution in [0.15, 0.2) is 47.5 Å². The minimum absolute atomic E-state index is 0.268. The number of aliphatic imine (C=N–C) groups is 1. The maximum atomic E-state index is 14.4. The van der Waals surface area contributed by atoms with Crippen LogP contribution in [0, 0.1) is 12.7 Å². The van der Waals surface area contributed by atoms with E-state index in [0.29, 0.717) is 11.1 Å². The Balaban J connectivity index is 2.13. The fourth-order valence-corrected chi connectivity index (χ4v) is 3.05. The van der Waals surface area contributed by atoms with E-state index in [1.54, 1.807) is 18.2 Å².